The molecule has 14 heteroatoms. The molecule has 4 aromatic rings. The van der Waals surface area contributed by atoms with E-state index < -0.39 is 0 Å². The highest BCUT2D eigenvalue weighted by Gasteiger charge is 2.29. The molecule has 4 amide bonds. The Balaban J connectivity index is 1.11. The van der Waals surface area contributed by atoms with Crippen molar-refractivity contribution in [3.63, 3.8) is 0 Å². The van der Waals surface area contributed by atoms with Gasteiger partial charge in [0, 0.05) is 37.1 Å². The van der Waals surface area contributed by atoms with Crippen LogP contribution in [0.25, 0.3) is 0 Å². The summed E-state index contributed by atoms with van der Waals surface area (Å²) in [6.07, 6.45) is 4.15. The minimum absolute atomic E-state index is 0.149. The minimum Gasteiger partial charge on any atom is -0.326 e. The zero-order valence-corrected chi connectivity index (χ0v) is 25.9. The molecule has 0 bridgehead atoms. The Labute approximate surface area is 262 Å². The van der Waals surface area contributed by atoms with Crippen molar-refractivity contribution >= 4 is 67.9 Å². The average molecular weight is 633 g/mol. The second-order valence-electron chi connectivity index (χ2n) is 10.7. The highest BCUT2D eigenvalue weighted by molar-refractivity contribution is 7.15. The van der Waals surface area contributed by atoms with E-state index in [1.807, 2.05) is 0 Å². The molecule has 1 fully saturated rings. The molecule has 1 aliphatic rings. The second kappa shape index (κ2) is 14.3. The van der Waals surface area contributed by atoms with E-state index in [1.54, 1.807) is 48.5 Å². The lowest BCUT2D eigenvalue weighted by molar-refractivity contribution is -0.116. The van der Waals surface area contributed by atoms with Crippen LogP contribution in [0.4, 0.5) is 21.6 Å². The van der Waals surface area contributed by atoms with Crippen molar-refractivity contribution in [3.05, 3.63) is 69.7 Å². The van der Waals surface area contributed by atoms with Crippen LogP contribution in [0, 0.1) is 0 Å². The summed E-state index contributed by atoms with van der Waals surface area (Å²) in [5.41, 5.74) is 3.00. The first-order chi connectivity index (χ1) is 21.2. The highest BCUT2D eigenvalue weighted by Crippen LogP contribution is 2.43. The Morgan fingerprint density at radius 1 is 0.636 bits per heavy atom. The lowest BCUT2D eigenvalue weighted by atomic mass is 9.82. The summed E-state index contributed by atoms with van der Waals surface area (Å²) in [7, 11) is 0. The highest BCUT2D eigenvalue weighted by atomic mass is 32.1. The third-order valence-electron chi connectivity index (χ3n) is 7.02. The molecule has 5 rings (SSSR count). The van der Waals surface area contributed by atoms with E-state index in [4.69, 9.17) is 0 Å². The van der Waals surface area contributed by atoms with Crippen molar-refractivity contribution in [1.82, 2.24) is 20.4 Å². The van der Waals surface area contributed by atoms with Gasteiger partial charge in [-0.05, 0) is 54.7 Å². The van der Waals surface area contributed by atoms with Gasteiger partial charge in [0.2, 0.25) is 33.9 Å². The maximum absolute atomic E-state index is 12.6. The quantitative estimate of drug-likeness (QED) is 0.187. The third kappa shape index (κ3) is 8.74. The first-order valence-electron chi connectivity index (χ1n) is 14.2. The predicted molar refractivity (Wildman–Crippen MR) is 170 cm³/mol. The molecule has 228 valence electrons. The van der Waals surface area contributed by atoms with Crippen LogP contribution in [0.2, 0.25) is 0 Å². The van der Waals surface area contributed by atoms with Gasteiger partial charge in [0.15, 0.2) is 0 Å². The molecule has 2 aromatic carbocycles. The van der Waals surface area contributed by atoms with Crippen LogP contribution in [-0.4, -0.2) is 44.0 Å². The number of nitrogens with zero attached hydrogens (tertiary/aromatic N) is 4. The average Bonchev–Trinajstić information content (AvgIpc) is 3.65. The fourth-order valence-corrected chi connectivity index (χ4v) is 6.87. The Kier molecular flexibility index (Phi) is 10.0. The molecule has 0 spiro atoms. The van der Waals surface area contributed by atoms with Crippen molar-refractivity contribution in [1.29, 1.82) is 0 Å². The van der Waals surface area contributed by atoms with E-state index >= 15 is 0 Å². The van der Waals surface area contributed by atoms with Gasteiger partial charge in [-0.3, -0.25) is 19.2 Å². The minimum atomic E-state index is -0.188. The Hall–Kier alpha value is -4.56. The number of benzene rings is 2. The van der Waals surface area contributed by atoms with E-state index in [1.165, 1.54) is 36.5 Å². The Morgan fingerprint density at radius 2 is 1.05 bits per heavy atom. The summed E-state index contributed by atoms with van der Waals surface area (Å²) in [5.74, 6) is -0.283. The molecule has 1 saturated carbocycles. The Morgan fingerprint density at radius 3 is 1.43 bits per heavy atom. The topological polar surface area (TPSA) is 168 Å². The molecule has 2 unspecified atom stereocenters. The molecule has 12 nitrogen and oxygen atoms in total. The van der Waals surface area contributed by atoms with Crippen LogP contribution < -0.4 is 21.3 Å². The van der Waals surface area contributed by atoms with E-state index in [2.05, 4.69) is 41.7 Å². The summed E-state index contributed by atoms with van der Waals surface area (Å²) in [5, 5.41) is 31.0. The zero-order chi connectivity index (χ0) is 31.1. The number of rotatable bonds is 10. The van der Waals surface area contributed by atoms with Gasteiger partial charge in [-0.15, -0.1) is 20.4 Å². The number of carbonyl (C=O) groups is 4. The molecule has 2 heterocycles. The van der Waals surface area contributed by atoms with Gasteiger partial charge in [-0.25, -0.2) is 0 Å². The number of nitrogens with one attached hydrogen (secondary N) is 4. The number of anilines is 4. The molecule has 2 aromatic heterocycles. The monoisotopic (exact) mass is 632 g/mol. The van der Waals surface area contributed by atoms with E-state index in [9.17, 15) is 19.2 Å². The lowest BCUT2D eigenvalue weighted by Crippen LogP contribution is -2.14. The summed E-state index contributed by atoms with van der Waals surface area (Å²) >= 11 is 2.78. The predicted octanol–water partition coefficient (Wildman–Crippen LogP) is 5.11. The number of aromatic nitrogens is 4. The SMILES string of the molecule is CC(=O)Nc1ccc(CC(=O)Nc2nnc(C3CCCC(c4nnc(NC(=O)Cc5ccc(NC(C)=O)cc5)s4)C3)s2)cc1. The maximum atomic E-state index is 12.6. The molecule has 1 aliphatic carbocycles. The summed E-state index contributed by atoms with van der Waals surface area (Å²) in [6.45, 7) is 2.89. The first-order valence-corrected chi connectivity index (χ1v) is 15.8. The standard InChI is InChI=1S/C30H32N8O4S2/c1-17(39)31-23-10-6-19(7-11-23)14-25(41)33-29-37-35-27(43-29)21-4-3-5-22(16-21)28-36-38-30(44-28)34-26(42)15-20-8-12-24(13-9-20)32-18(2)40/h6-13,21-22H,3-5,14-16H2,1-2H3,(H,31,39)(H,32,40)(H,33,37,41)(H,34,38,42). The van der Waals surface area contributed by atoms with E-state index in [0.717, 1.165) is 46.8 Å². The molecule has 0 aliphatic heterocycles. The van der Waals surface area contributed by atoms with Gasteiger partial charge in [-0.1, -0.05) is 53.4 Å². The van der Waals surface area contributed by atoms with Crippen molar-refractivity contribution < 1.29 is 19.2 Å². The molecular weight excluding hydrogens is 601 g/mol. The number of carbonyl (C=O) groups excluding carboxylic acids is 4. The second-order valence-corrected chi connectivity index (χ2v) is 12.7. The molecule has 44 heavy (non-hydrogen) atoms. The molecule has 4 N–H and O–H groups in total. The first kappa shape index (κ1) is 30.9. The van der Waals surface area contributed by atoms with E-state index in [0.29, 0.717) is 21.6 Å². The molecule has 2 atom stereocenters. The van der Waals surface area contributed by atoms with Gasteiger partial charge in [0.05, 0.1) is 12.8 Å². The summed E-state index contributed by atoms with van der Waals surface area (Å²) in [6, 6.07) is 14.3. The lowest BCUT2D eigenvalue weighted by Gasteiger charge is -2.25. The van der Waals surface area contributed by atoms with Crippen molar-refractivity contribution in [2.24, 2.45) is 0 Å². The fraction of sp³-hybridized carbons (Fsp3) is 0.333. The normalized spacial score (nSPS) is 16.1. The number of hydrogen-bond acceptors (Lipinski definition) is 10. The van der Waals surface area contributed by atoms with Crippen LogP contribution in [0.5, 0.6) is 0 Å². The summed E-state index contributed by atoms with van der Waals surface area (Å²) < 4.78 is 0. The van der Waals surface area contributed by atoms with Crippen molar-refractivity contribution in [2.45, 2.75) is 64.2 Å². The molecular formula is C30H32N8O4S2. The van der Waals surface area contributed by atoms with Crippen LogP contribution in [0.3, 0.4) is 0 Å². The zero-order valence-electron chi connectivity index (χ0n) is 24.3. The summed E-state index contributed by atoms with van der Waals surface area (Å²) in [4.78, 5) is 47.6. The van der Waals surface area contributed by atoms with Gasteiger partial charge in [0.25, 0.3) is 0 Å². The van der Waals surface area contributed by atoms with Gasteiger partial charge in [0.1, 0.15) is 10.0 Å². The fourth-order valence-electron chi connectivity index (χ4n) is 5.05. The van der Waals surface area contributed by atoms with Gasteiger partial charge in [-0.2, -0.15) is 0 Å². The Bertz CT molecular complexity index is 1520. The third-order valence-corrected chi connectivity index (χ3v) is 9.03. The van der Waals surface area contributed by atoms with Gasteiger partial charge >= 0.3 is 0 Å². The number of amides is 4. The smallest absolute Gasteiger partial charge is 0.230 e. The van der Waals surface area contributed by atoms with Crippen LogP contribution in [-0.2, 0) is 32.0 Å². The molecule has 0 radical (unpaired) electrons. The van der Waals surface area contributed by atoms with Crippen molar-refractivity contribution in [3.8, 4) is 0 Å². The maximum Gasteiger partial charge on any atom is 0.230 e. The van der Waals surface area contributed by atoms with Crippen LogP contribution in [0.15, 0.2) is 48.5 Å². The van der Waals surface area contributed by atoms with E-state index in [-0.39, 0.29) is 48.3 Å². The van der Waals surface area contributed by atoms with Crippen LogP contribution in [0.1, 0.15) is 72.5 Å². The van der Waals surface area contributed by atoms with Gasteiger partial charge < -0.3 is 21.3 Å². The number of hydrogen-bond donors (Lipinski definition) is 4. The largest absolute Gasteiger partial charge is 0.326 e. The van der Waals surface area contributed by atoms with Crippen LogP contribution >= 0.6 is 22.7 Å². The van der Waals surface area contributed by atoms with Crippen molar-refractivity contribution in [2.75, 3.05) is 21.3 Å². The molecule has 0 saturated heterocycles.